The fourth-order valence-corrected chi connectivity index (χ4v) is 3.45. The molecule has 0 aliphatic heterocycles. The van der Waals surface area contributed by atoms with E-state index >= 15 is 0 Å². The molecule has 0 fully saturated rings. The van der Waals surface area contributed by atoms with Crippen LogP contribution >= 0.6 is 39.3 Å². The number of nitrogens with one attached hydrogen (secondary N) is 1. The maximum Gasteiger partial charge on any atom is 0.0462 e. The van der Waals surface area contributed by atoms with Gasteiger partial charge in [-0.05, 0) is 52.8 Å². The minimum atomic E-state index is 0.770. The topological polar surface area (TPSA) is 12.0 Å². The van der Waals surface area contributed by atoms with Crippen molar-refractivity contribution in [3.63, 3.8) is 0 Å². The highest BCUT2D eigenvalue weighted by atomic mass is 79.9. The molecule has 0 aromatic heterocycles. The van der Waals surface area contributed by atoms with Crippen molar-refractivity contribution in [2.45, 2.75) is 16.3 Å². The highest BCUT2D eigenvalue weighted by Crippen LogP contribution is 2.37. The molecule has 0 radical (unpaired) electrons. The Kier molecular flexibility index (Phi) is 5.13. The van der Waals surface area contributed by atoms with Crippen molar-refractivity contribution in [2.75, 3.05) is 7.05 Å². The zero-order chi connectivity index (χ0) is 13.0. The van der Waals surface area contributed by atoms with Gasteiger partial charge in [-0.15, -0.1) is 0 Å². The normalized spacial score (nSPS) is 10.6. The van der Waals surface area contributed by atoms with E-state index in [1.807, 2.05) is 37.4 Å². The van der Waals surface area contributed by atoms with Crippen LogP contribution in [0.3, 0.4) is 0 Å². The van der Waals surface area contributed by atoms with Gasteiger partial charge in [0, 0.05) is 25.8 Å². The van der Waals surface area contributed by atoms with Crippen LogP contribution in [0, 0.1) is 0 Å². The molecule has 0 saturated carbocycles. The second kappa shape index (κ2) is 6.62. The molecule has 2 aromatic rings. The predicted molar refractivity (Wildman–Crippen MR) is 82.5 cm³/mol. The summed E-state index contributed by atoms with van der Waals surface area (Å²) in [5, 5.41) is 3.96. The van der Waals surface area contributed by atoms with Gasteiger partial charge in [-0.1, -0.05) is 41.6 Å². The van der Waals surface area contributed by atoms with E-state index in [1.54, 1.807) is 11.8 Å². The number of halogens is 2. The second-order valence-electron chi connectivity index (χ2n) is 3.78. The third-order valence-electron chi connectivity index (χ3n) is 2.49. The van der Waals surface area contributed by atoms with Crippen LogP contribution in [-0.2, 0) is 6.54 Å². The van der Waals surface area contributed by atoms with Crippen molar-refractivity contribution < 1.29 is 0 Å². The van der Waals surface area contributed by atoms with Crippen LogP contribution in [0.4, 0.5) is 0 Å². The quantitative estimate of drug-likeness (QED) is 0.841. The first-order valence-corrected chi connectivity index (χ1v) is 7.55. The monoisotopic (exact) mass is 341 g/mol. The molecule has 0 amide bonds. The van der Waals surface area contributed by atoms with Crippen molar-refractivity contribution in [3.8, 4) is 0 Å². The highest BCUT2D eigenvalue weighted by Gasteiger charge is 2.09. The third kappa shape index (κ3) is 3.29. The Bertz CT molecular complexity index is 545. The smallest absolute Gasteiger partial charge is 0.0462 e. The summed E-state index contributed by atoms with van der Waals surface area (Å²) in [4.78, 5) is 2.38. The maximum atomic E-state index is 6.25. The van der Waals surface area contributed by atoms with Crippen molar-refractivity contribution in [1.29, 1.82) is 0 Å². The molecule has 1 nitrogen and oxygen atoms in total. The first-order valence-electron chi connectivity index (χ1n) is 5.56. The average Bonchev–Trinajstić information content (AvgIpc) is 2.36. The van der Waals surface area contributed by atoms with Crippen LogP contribution in [0.2, 0.25) is 5.02 Å². The Balaban J connectivity index is 2.34. The van der Waals surface area contributed by atoms with E-state index in [0.29, 0.717) is 0 Å². The molecular formula is C14H13BrClNS. The molecule has 0 aliphatic rings. The summed E-state index contributed by atoms with van der Waals surface area (Å²) in [5.74, 6) is 0. The molecule has 0 aliphatic carbocycles. The van der Waals surface area contributed by atoms with Gasteiger partial charge in [-0.25, -0.2) is 0 Å². The second-order valence-corrected chi connectivity index (χ2v) is 6.12. The maximum absolute atomic E-state index is 6.25. The fourth-order valence-electron chi connectivity index (χ4n) is 1.63. The molecule has 2 aromatic carbocycles. The number of benzene rings is 2. The molecule has 0 unspecified atom stereocenters. The minimum Gasteiger partial charge on any atom is -0.316 e. The van der Waals surface area contributed by atoms with Gasteiger partial charge in [0.05, 0.1) is 0 Å². The Morgan fingerprint density at radius 3 is 2.56 bits per heavy atom. The van der Waals surface area contributed by atoms with Gasteiger partial charge in [0.1, 0.15) is 0 Å². The molecule has 18 heavy (non-hydrogen) atoms. The first kappa shape index (κ1) is 13.9. The van der Waals surface area contributed by atoms with E-state index in [9.17, 15) is 0 Å². The van der Waals surface area contributed by atoms with Gasteiger partial charge in [-0.3, -0.25) is 0 Å². The number of hydrogen-bond donors (Lipinski definition) is 1. The Hall–Kier alpha value is -0.480. The molecule has 0 saturated heterocycles. The van der Waals surface area contributed by atoms with E-state index in [4.69, 9.17) is 11.6 Å². The minimum absolute atomic E-state index is 0.770. The van der Waals surface area contributed by atoms with Gasteiger partial charge in [-0.2, -0.15) is 0 Å². The summed E-state index contributed by atoms with van der Waals surface area (Å²) in [7, 11) is 1.93. The average molecular weight is 343 g/mol. The molecular weight excluding hydrogens is 330 g/mol. The SMILES string of the molecule is CNCc1c(Cl)cccc1Sc1ccccc1Br. The zero-order valence-electron chi connectivity index (χ0n) is 9.91. The van der Waals surface area contributed by atoms with Crippen LogP contribution in [-0.4, -0.2) is 7.05 Å². The molecule has 4 heteroatoms. The van der Waals surface area contributed by atoms with E-state index in [2.05, 4.69) is 33.4 Å². The highest BCUT2D eigenvalue weighted by molar-refractivity contribution is 9.10. The van der Waals surface area contributed by atoms with Crippen molar-refractivity contribution in [1.82, 2.24) is 5.32 Å². The van der Waals surface area contributed by atoms with Crippen LogP contribution in [0.1, 0.15) is 5.56 Å². The molecule has 0 atom stereocenters. The number of hydrogen-bond acceptors (Lipinski definition) is 2. The standard InChI is InChI=1S/C14H13BrClNS/c1-17-9-10-12(16)6-4-8-13(10)18-14-7-3-2-5-11(14)15/h2-8,17H,9H2,1H3. The van der Waals surface area contributed by atoms with E-state index in [1.165, 1.54) is 9.79 Å². The lowest BCUT2D eigenvalue weighted by atomic mass is 10.2. The van der Waals surface area contributed by atoms with Crippen LogP contribution < -0.4 is 5.32 Å². The molecule has 0 bridgehead atoms. The Labute approximate surface area is 125 Å². The van der Waals surface area contributed by atoms with E-state index in [0.717, 1.165) is 21.6 Å². The number of rotatable bonds is 4. The first-order chi connectivity index (χ1) is 8.72. The molecule has 0 spiro atoms. The Morgan fingerprint density at radius 2 is 1.83 bits per heavy atom. The van der Waals surface area contributed by atoms with Gasteiger partial charge in [0.15, 0.2) is 0 Å². The summed E-state index contributed by atoms with van der Waals surface area (Å²) >= 11 is 11.5. The largest absolute Gasteiger partial charge is 0.316 e. The van der Waals surface area contributed by atoms with Crippen molar-refractivity contribution >= 4 is 39.3 Å². The van der Waals surface area contributed by atoms with Gasteiger partial charge < -0.3 is 5.32 Å². The van der Waals surface area contributed by atoms with E-state index < -0.39 is 0 Å². The van der Waals surface area contributed by atoms with Crippen LogP contribution in [0.25, 0.3) is 0 Å². The summed E-state index contributed by atoms with van der Waals surface area (Å²) in [6, 6.07) is 14.2. The Morgan fingerprint density at radius 1 is 1.11 bits per heavy atom. The van der Waals surface area contributed by atoms with Crippen LogP contribution in [0.5, 0.6) is 0 Å². The molecule has 94 valence electrons. The lowest BCUT2D eigenvalue weighted by Gasteiger charge is -2.11. The van der Waals surface area contributed by atoms with Gasteiger partial charge >= 0.3 is 0 Å². The van der Waals surface area contributed by atoms with Crippen molar-refractivity contribution in [3.05, 3.63) is 57.5 Å². The zero-order valence-corrected chi connectivity index (χ0v) is 13.1. The van der Waals surface area contributed by atoms with Crippen molar-refractivity contribution in [2.24, 2.45) is 0 Å². The summed E-state index contributed by atoms with van der Waals surface area (Å²) < 4.78 is 1.10. The summed E-state index contributed by atoms with van der Waals surface area (Å²) in [5.41, 5.74) is 1.14. The van der Waals surface area contributed by atoms with Gasteiger partial charge in [0.2, 0.25) is 0 Å². The van der Waals surface area contributed by atoms with Crippen LogP contribution in [0.15, 0.2) is 56.7 Å². The van der Waals surface area contributed by atoms with Gasteiger partial charge in [0.25, 0.3) is 0 Å². The fraction of sp³-hybridized carbons (Fsp3) is 0.143. The predicted octanol–water partition coefficient (Wildman–Crippen LogP) is 4.97. The van der Waals surface area contributed by atoms with E-state index in [-0.39, 0.29) is 0 Å². The molecule has 1 N–H and O–H groups in total. The molecule has 2 rings (SSSR count). The summed E-state index contributed by atoms with van der Waals surface area (Å²) in [6.45, 7) is 0.770. The third-order valence-corrected chi connectivity index (χ3v) is 4.97. The lowest BCUT2D eigenvalue weighted by molar-refractivity contribution is 0.803. The summed E-state index contributed by atoms with van der Waals surface area (Å²) in [6.07, 6.45) is 0. The lowest BCUT2D eigenvalue weighted by Crippen LogP contribution is -2.06. The molecule has 0 heterocycles.